The van der Waals surface area contributed by atoms with Crippen molar-refractivity contribution in [2.75, 3.05) is 13.2 Å². The SMILES string of the molecule is CCCCC(CC)CO[PH](=O)OCC(CC)CCCC.[Co+3]. The molecule has 0 aliphatic rings. The van der Waals surface area contributed by atoms with E-state index in [1.165, 1.54) is 25.7 Å². The Morgan fingerprint density at radius 1 is 0.810 bits per heavy atom. The van der Waals surface area contributed by atoms with E-state index in [4.69, 9.17) is 9.05 Å². The summed E-state index contributed by atoms with van der Waals surface area (Å²) in [5.41, 5.74) is 0. The van der Waals surface area contributed by atoms with E-state index >= 15 is 0 Å². The van der Waals surface area contributed by atoms with Crippen LogP contribution in [0.3, 0.4) is 0 Å². The van der Waals surface area contributed by atoms with Crippen molar-refractivity contribution in [2.45, 2.75) is 79.1 Å². The maximum Gasteiger partial charge on any atom is 3.00 e. The predicted molar refractivity (Wildman–Crippen MR) is 87.5 cm³/mol. The second kappa shape index (κ2) is 17.0. The second-order valence-corrected chi connectivity index (χ2v) is 6.78. The Morgan fingerprint density at radius 2 is 1.19 bits per heavy atom. The van der Waals surface area contributed by atoms with Gasteiger partial charge in [-0.15, -0.1) is 0 Å². The van der Waals surface area contributed by atoms with Crippen LogP contribution in [0.4, 0.5) is 0 Å². The Bertz CT molecular complexity index is 218. The molecule has 0 N–H and O–H groups in total. The maximum atomic E-state index is 11.8. The molecule has 2 unspecified atom stereocenters. The molecule has 0 heterocycles. The third-order valence-electron chi connectivity index (χ3n) is 3.96. The molecule has 0 saturated heterocycles. The molecular formula is C16H35CoO3P+3. The van der Waals surface area contributed by atoms with Crippen LogP contribution in [-0.4, -0.2) is 13.2 Å². The van der Waals surface area contributed by atoms with Gasteiger partial charge in [-0.3, -0.25) is 4.57 Å². The van der Waals surface area contributed by atoms with E-state index in [0.29, 0.717) is 25.0 Å². The van der Waals surface area contributed by atoms with Gasteiger partial charge >= 0.3 is 25.0 Å². The minimum atomic E-state index is -2.30. The van der Waals surface area contributed by atoms with Gasteiger partial charge in [0.25, 0.3) is 0 Å². The monoisotopic (exact) mass is 365 g/mol. The minimum absolute atomic E-state index is 0. The first-order valence-corrected chi connectivity index (χ1v) is 9.69. The zero-order chi connectivity index (χ0) is 15.2. The third kappa shape index (κ3) is 14.0. The van der Waals surface area contributed by atoms with Gasteiger partial charge in [0.05, 0.1) is 13.2 Å². The summed E-state index contributed by atoms with van der Waals surface area (Å²) in [6.07, 6.45) is 9.35. The standard InChI is InChI=1S/C16H35O3P.Co/c1-5-9-11-15(7-3)13-18-20(17)19-14-16(8-4)12-10-6-2;/h15-16,20H,5-14H2,1-4H3;/q;+3. The molecule has 128 valence electrons. The summed E-state index contributed by atoms with van der Waals surface area (Å²) < 4.78 is 22.6. The quantitative estimate of drug-likeness (QED) is 0.363. The van der Waals surface area contributed by atoms with Gasteiger partial charge < -0.3 is 9.05 Å². The summed E-state index contributed by atoms with van der Waals surface area (Å²) in [5, 5.41) is 0. The van der Waals surface area contributed by atoms with Crippen molar-refractivity contribution in [1.82, 2.24) is 0 Å². The molecule has 0 saturated carbocycles. The van der Waals surface area contributed by atoms with Crippen LogP contribution in [0.5, 0.6) is 0 Å². The Morgan fingerprint density at radius 3 is 1.48 bits per heavy atom. The van der Waals surface area contributed by atoms with E-state index in [1.54, 1.807) is 0 Å². The van der Waals surface area contributed by atoms with Crippen molar-refractivity contribution >= 4 is 8.25 Å². The van der Waals surface area contributed by atoms with Gasteiger partial charge in [0.15, 0.2) is 0 Å². The summed E-state index contributed by atoms with van der Waals surface area (Å²) in [6, 6.07) is 0. The van der Waals surface area contributed by atoms with Gasteiger partial charge in [0.2, 0.25) is 0 Å². The van der Waals surface area contributed by atoms with Crippen LogP contribution in [0.15, 0.2) is 0 Å². The molecular weight excluding hydrogens is 330 g/mol. The molecule has 0 radical (unpaired) electrons. The first-order chi connectivity index (χ1) is 9.67. The van der Waals surface area contributed by atoms with Crippen LogP contribution in [0.1, 0.15) is 79.1 Å². The van der Waals surface area contributed by atoms with E-state index < -0.39 is 8.25 Å². The van der Waals surface area contributed by atoms with Crippen LogP contribution >= 0.6 is 8.25 Å². The second-order valence-electron chi connectivity index (χ2n) is 5.71. The van der Waals surface area contributed by atoms with Crippen LogP contribution in [0.25, 0.3) is 0 Å². The summed E-state index contributed by atoms with van der Waals surface area (Å²) in [4.78, 5) is 0. The molecule has 0 aromatic heterocycles. The minimum Gasteiger partial charge on any atom is -0.310 e. The van der Waals surface area contributed by atoms with E-state index in [9.17, 15) is 4.57 Å². The number of hydrogen-bond acceptors (Lipinski definition) is 3. The molecule has 2 atom stereocenters. The Kier molecular flexibility index (Phi) is 19.4. The van der Waals surface area contributed by atoms with Crippen molar-refractivity contribution in [1.29, 1.82) is 0 Å². The Balaban J connectivity index is 0. The zero-order valence-electron chi connectivity index (χ0n) is 14.3. The van der Waals surface area contributed by atoms with Crippen molar-refractivity contribution in [3.8, 4) is 0 Å². The van der Waals surface area contributed by atoms with Crippen molar-refractivity contribution < 1.29 is 30.4 Å². The summed E-state index contributed by atoms with van der Waals surface area (Å²) >= 11 is 0. The molecule has 0 fully saturated rings. The first kappa shape index (κ1) is 23.9. The van der Waals surface area contributed by atoms with E-state index in [-0.39, 0.29) is 16.8 Å². The van der Waals surface area contributed by atoms with Gasteiger partial charge in [-0.05, 0) is 24.7 Å². The van der Waals surface area contributed by atoms with Crippen LogP contribution in [0.2, 0.25) is 0 Å². The predicted octanol–water partition coefficient (Wildman–Crippen LogP) is 5.84. The Labute approximate surface area is 143 Å². The maximum absolute atomic E-state index is 11.8. The molecule has 0 spiro atoms. The molecule has 0 aromatic carbocycles. The fourth-order valence-corrected chi connectivity index (χ4v) is 3.04. The third-order valence-corrected chi connectivity index (χ3v) is 4.77. The van der Waals surface area contributed by atoms with Crippen LogP contribution in [-0.2, 0) is 30.4 Å². The fraction of sp³-hybridized carbons (Fsp3) is 1.00. The van der Waals surface area contributed by atoms with Gasteiger partial charge in [0.1, 0.15) is 0 Å². The van der Waals surface area contributed by atoms with E-state index in [1.807, 2.05) is 0 Å². The molecule has 0 aromatic rings. The van der Waals surface area contributed by atoms with Crippen LogP contribution < -0.4 is 0 Å². The molecule has 0 bridgehead atoms. The molecule has 21 heavy (non-hydrogen) atoms. The normalized spacial score (nSPS) is 15.2. The van der Waals surface area contributed by atoms with Gasteiger partial charge in [-0.2, -0.15) is 0 Å². The number of unbranched alkanes of at least 4 members (excludes halogenated alkanes) is 2. The van der Waals surface area contributed by atoms with Crippen molar-refractivity contribution in [3.63, 3.8) is 0 Å². The topological polar surface area (TPSA) is 35.5 Å². The number of hydrogen-bond donors (Lipinski definition) is 0. The van der Waals surface area contributed by atoms with Crippen molar-refractivity contribution in [2.24, 2.45) is 11.8 Å². The van der Waals surface area contributed by atoms with Crippen LogP contribution in [0, 0.1) is 11.8 Å². The largest absolute Gasteiger partial charge is 3.00 e. The first-order valence-electron chi connectivity index (χ1n) is 8.47. The fourth-order valence-electron chi connectivity index (χ4n) is 2.21. The Hall–Kier alpha value is 0.656. The average molecular weight is 365 g/mol. The number of rotatable bonds is 14. The summed E-state index contributed by atoms with van der Waals surface area (Å²) in [6.45, 7) is 9.89. The van der Waals surface area contributed by atoms with Gasteiger partial charge in [-0.1, -0.05) is 66.2 Å². The molecule has 0 aliphatic carbocycles. The molecule has 3 nitrogen and oxygen atoms in total. The van der Waals surface area contributed by atoms with Gasteiger partial charge in [-0.25, -0.2) is 0 Å². The van der Waals surface area contributed by atoms with Gasteiger partial charge in [0, 0.05) is 0 Å². The van der Waals surface area contributed by atoms with Crippen molar-refractivity contribution in [3.05, 3.63) is 0 Å². The van der Waals surface area contributed by atoms with E-state index in [2.05, 4.69) is 27.7 Å². The smallest absolute Gasteiger partial charge is 0.310 e. The molecule has 0 aliphatic heterocycles. The summed E-state index contributed by atoms with van der Waals surface area (Å²) in [5.74, 6) is 1.05. The molecule has 5 heteroatoms. The zero-order valence-corrected chi connectivity index (χ0v) is 16.3. The molecule has 0 rings (SSSR count). The molecule has 0 amide bonds. The van der Waals surface area contributed by atoms with E-state index in [0.717, 1.165) is 25.7 Å². The average Bonchev–Trinajstić information content (AvgIpc) is 2.47. The summed E-state index contributed by atoms with van der Waals surface area (Å²) in [7, 11) is -2.30.